The summed E-state index contributed by atoms with van der Waals surface area (Å²) in [4.78, 5) is 16.1. The predicted molar refractivity (Wildman–Crippen MR) is 116 cm³/mol. The maximum atomic E-state index is 13.6. The van der Waals surface area contributed by atoms with Gasteiger partial charge in [-0.25, -0.2) is 8.42 Å². The standard InChI is InChI=1S/C22H23NO4S2/c24-22(20-21(28-13-12-27-20)18-9-5-2-6-10-18)23(15-17-7-3-1-4-8-17)19-11-14-29(25,26)16-19/h1-10,19H,11-16H2/t19-/m1/s1. The molecule has 1 atom stereocenters. The molecule has 0 bridgehead atoms. The third kappa shape index (κ3) is 4.67. The molecule has 0 spiro atoms. The first-order chi connectivity index (χ1) is 14.0. The Bertz CT molecular complexity index is 1000. The van der Waals surface area contributed by atoms with Crippen molar-refractivity contribution in [3.63, 3.8) is 0 Å². The zero-order valence-corrected chi connectivity index (χ0v) is 17.6. The lowest BCUT2D eigenvalue weighted by Crippen LogP contribution is -2.42. The highest BCUT2D eigenvalue weighted by Crippen LogP contribution is 2.36. The topological polar surface area (TPSA) is 63.7 Å². The molecule has 0 radical (unpaired) electrons. The number of rotatable bonds is 5. The molecular weight excluding hydrogens is 406 g/mol. The fraction of sp³-hybridized carbons (Fsp3) is 0.318. The predicted octanol–water partition coefficient (Wildman–Crippen LogP) is 3.33. The number of benzene rings is 2. The third-order valence-electron chi connectivity index (χ3n) is 5.12. The van der Waals surface area contributed by atoms with Crippen LogP contribution in [0.25, 0.3) is 4.91 Å². The van der Waals surface area contributed by atoms with Crippen molar-refractivity contribution in [3.05, 3.63) is 77.5 Å². The minimum absolute atomic E-state index is 0.00661. The van der Waals surface area contributed by atoms with Crippen molar-refractivity contribution in [1.29, 1.82) is 0 Å². The van der Waals surface area contributed by atoms with E-state index < -0.39 is 9.84 Å². The van der Waals surface area contributed by atoms with Gasteiger partial charge in [0.15, 0.2) is 15.6 Å². The van der Waals surface area contributed by atoms with Crippen LogP contribution < -0.4 is 0 Å². The van der Waals surface area contributed by atoms with E-state index in [9.17, 15) is 13.2 Å². The molecule has 1 fully saturated rings. The molecule has 0 aliphatic carbocycles. The smallest absolute Gasteiger partial charge is 0.290 e. The summed E-state index contributed by atoms with van der Waals surface area (Å²) >= 11 is 1.61. The van der Waals surface area contributed by atoms with Gasteiger partial charge in [-0.15, -0.1) is 11.8 Å². The summed E-state index contributed by atoms with van der Waals surface area (Å²) in [5.74, 6) is 0.996. The molecule has 0 unspecified atom stereocenters. The number of ether oxygens (including phenoxy) is 1. The van der Waals surface area contributed by atoms with Gasteiger partial charge in [0.1, 0.15) is 0 Å². The summed E-state index contributed by atoms with van der Waals surface area (Å²) in [6.45, 7) is 0.823. The second-order valence-electron chi connectivity index (χ2n) is 7.20. The minimum atomic E-state index is -3.12. The van der Waals surface area contributed by atoms with Gasteiger partial charge in [-0.05, 0) is 17.5 Å². The van der Waals surface area contributed by atoms with E-state index in [1.807, 2.05) is 60.7 Å². The second kappa shape index (κ2) is 8.63. The quantitative estimate of drug-likeness (QED) is 0.730. The van der Waals surface area contributed by atoms with Gasteiger partial charge in [0.2, 0.25) is 0 Å². The molecule has 2 aliphatic heterocycles. The van der Waals surface area contributed by atoms with Crippen molar-refractivity contribution in [2.24, 2.45) is 0 Å². The van der Waals surface area contributed by atoms with Crippen LogP contribution >= 0.6 is 11.8 Å². The van der Waals surface area contributed by atoms with E-state index in [4.69, 9.17) is 4.74 Å². The summed E-state index contributed by atoms with van der Waals surface area (Å²) in [7, 11) is -3.12. The monoisotopic (exact) mass is 429 g/mol. The molecule has 5 nitrogen and oxygen atoms in total. The fourth-order valence-corrected chi connectivity index (χ4v) is 6.36. The van der Waals surface area contributed by atoms with Crippen molar-refractivity contribution in [2.45, 2.75) is 19.0 Å². The van der Waals surface area contributed by atoms with Crippen molar-refractivity contribution in [1.82, 2.24) is 4.90 Å². The number of sulfone groups is 1. The van der Waals surface area contributed by atoms with Crippen LogP contribution in [0.3, 0.4) is 0 Å². The Hall–Kier alpha value is -2.25. The number of hydrogen-bond acceptors (Lipinski definition) is 5. The summed E-state index contributed by atoms with van der Waals surface area (Å²) in [6.07, 6.45) is 0.460. The first-order valence-corrected chi connectivity index (χ1v) is 12.4. The van der Waals surface area contributed by atoms with Gasteiger partial charge in [0.25, 0.3) is 5.91 Å². The summed E-state index contributed by atoms with van der Waals surface area (Å²) < 4.78 is 30.0. The molecule has 0 aromatic heterocycles. The highest BCUT2D eigenvalue weighted by molar-refractivity contribution is 8.08. The van der Waals surface area contributed by atoms with Crippen LogP contribution in [0.5, 0.6) is 0 Å². The fourth-order valence-electron chi connectivity index (χ4n) is 3.68. The van der Waals surface area contributed by atoms with Gasteiger partial charge in [0.05, 0.1) is 23.0 Å². The average molecular weight is 430 g/mol. The molecular formula is C22H23NO4S2. The molecule has 7 heteroatoms. The first-order valence-electron chi connectivity index (χ1n) is 9.64. The Morgan fingerprint density at radius 3 is 2.41 bits per heavy atom. The normalized spacial score (nSPS) is 20.9. The van der Waals surface area contributed by atoms with Gasteiger partial charge in [0, 0.05) is 18.3 Å². The minimum Gasteiger partial charge on any atom is -0.486 e. The third-order valence-corrected chi connectivity index (χ3v) is 7.95. The number of nitrogens with zero attached hydrogens (tertiary/aromatic N) is 1. The van der Waals surface area contributed by atoms with Gasteiger partial charge in [-0.3, -0.25) is 4.79 Å². The number of carbonyl (C=O) groups excluding carboxylic acids is 1. The lowest BCUT2D eigenvalue weighted by Gasteiger charge is -2.31. The van der Waals surface area contributed by atoms with E-state index in [1.54, 1.807) is 16.7 Å². The van der Waals surface area contributed by atoms with Crippen molar-refractivity contribution in [3.8, 4) is 0 Å². The van der Waals surface area contributed by atoms with Gasteiger partial charge in [-0.2, -0.15) is 0 Å². The zero-order chi connectivity index (χ0) is 20.3. The molecule has 0 saturated carbocycles. The van der Waals surface area contributed by atoms with Crippen LogP contribution in [-0.4, -0.2) is 49.1 Å². The van der Waals surface area contributed by atoms with Crippen LogP contribution in [0.4, 0.5) is 0 Å². The van der Waals surface area contributed by atoms with Crippen molar-refractivity contribution < 1.29 is 17.9 Å². The van der Waals surface area contributed by atoms with Crippen LogP contribution in [0.15, 0.2) is 66.4 Å². The number of thioether (sulfide) groups is 1. The van der Waals surface area contributed by atoms with Crippen LogP contribution in [0.1, 0.15) is 17.5 Å². The van der Waals surface area contributed by atoms with Crippen molar-refractivity contribution >= 4 is 32.4 Å². The van der Waals surface area contributed by atoms with Crippen molar-refractivity contribution in [2.75, 3.05) is 23.9 Å². The molecule has 2 aromatic rings. The molecule has 1 amide bonds. The van der Waals surface area contributed by atoms with E-state index in [-0.39, 0.29) is 23.5 Å². The Kier molecular flexibility index (Phi) is 5.96. The zero-order valence-electron chi connectivity index (χ0n) is 16.0. The lowest BCUT2D eigenvalue weighted by atomic mass is 10.1. The molecule has 2 aliphatic rings. The Morgan fingerprint density at radius 2 is 1.76 bits per heavy atom. The van der Waals surface area contributed by atoms with E-state index in [0.717, 1.165) is 21.8 Å². The number of carbonyl (C=O) groups is 1. The second-order valence-corrected chi connectivity index (χ2v) is 10.5. The van der Waals surface area contributed by atoms with Crippen LogP contribution in [-0.2, 0) is 25.9 Å². The maximum Gasteiger partial charge on any atom is 0.290 e. The largest absolute Gasteiger partial charge is 0.486 e. The summed E-state index contributed by atoms with van der Waals surface area (Å²) in [6, 6.07) is 19.1. The van der Waals surface area contributed by atoms with E-state index in [1.165, 1.54) is 0 Å². The number of hydrogen-bond donors (Lipinski definition) is 0. The summed E-state index contributed by atoms with van der Waals surface area (Å²) in [5, 5.41) is 0. The highest BCUT2D eigenvalue weighted by Gasteiger charge is 2.37. The van der Waals surface area contributed by atoms with Gasteiger partial charge < -0.3 is 9.64 Å². The molecule has 29 heavy (non-hydrogen) atoms. The Morgan fingerprint density at radius 1 is 1.07 bits per heavy atom. The highest BCUT2D eigenvalue weighted by atomic mass is 32.2. The van der Waals surface area contributed by atoms with Gasteiger partial charge >= 0.3 is 0 Å². The van der Waals surface area contributed by atoms with Crippen LogP contribution in [0, 0.1) is 0 Å². The lowest BCUT2D eigenvalue weighted by molar-refractivity contribution is -0.133. The van der Waals surface area contributed by atoms with E-state index in [0.29, 0.717) is 25.3 Å². The molecule has 4 rings (SSSR count). The van der Waals surface area contributed by atoms with E-state index >= 15 is 0 Å². The molecule has 152 valence electrons. The van der Waals surface area contributed by atoms with Gasteiger partial charge in [-0.1, -0.05) is 60.7 Å². The molecule has 2 aromatic carbocycles. The molecule has 2 heterocycles. The van der Waals surface area contributed by atoms with E-state index in [2.05, 4.69) is 0 Å². The SMILES string of the molecule is O=C(C1=C(c2ccccc2)SCCO1)N(Cc1ccccc1)[C@@H]1CCS(=O)(=O)C1. The number of amides is 1. The Labute approximate surface area is 175 Å². The maximum absolute atomic E-state index is 13.6. The molecule has 1 saturated heterocycles. The van der Waals surface area contributed by atoms with Crippen LogP contribution in [0.2, 0.25) is 0 Å². The summed E-state index contributed by atoms with van der Waals surface area (Å²) in [5.41, 5.74) is 1.91. The first kappa shape index (κ1) is 20.0. The average Bonchev–Trinajstić information content (AvgIpc) is 3.12. The Balaban J connectivity index is 1.70. The molecule has 0 N–H and O–H groups in total.